The Kier molecular flexibility index (Phi) is 3.84. The van der Waals surface area contributed by atoms with E-state index in [9.17, 15) is 8.42 Å². The topological polar surface area (TPSA) is 89.4 Å². The highest BCUT2D eigenvalue weighted by Gasteiger charge is 2.35. The van der Waals surface area contributed by atoms with Crippen molar-refractivity contribution in [3.8, 4) is 0 Å². The van der Waals surface area contributed by atoms with Crippen LogP contribution in [-0.2, 0) is 10.0 Å². The number of rotatable bonds is 3. The van der Waals surface area contributed by atoms with E-state index in [1.165, 1.54) is 31.7 Å². The highest BCUT2D eigenvalue weighted by atomic mass is 32.2. The molecule has 0 bridgehead atoms. The average molecular weight is 309 g/mol. The molecule has 1 aromatic rings. The lowest BCUT2D eigenvalue weighted by Crippen LogP contribution is -2.36. The van der Waals surface area contributed by atoms with Gasteiger partial charge in [0.1, 0.15) is 4.90 Å². The van der Waals surface area contributed by atoms with E-state index in [1.54, 1.807) is 6.07 Å². The number of hydrogen-bond acceptors (Lipinski definition) is 4. The Labute approximate surface area is 126 Å². The van der Waals surface area contributed by atoms with E-state index in [2.05, 4.69) is 4.90 Å². The highest BCUT2D eigenvalue weighted by Crippen LogP contribution is 2.39. The maximum absolute atomic E-state index is 11.9. The van der Waals surface area contributed by atoms with Gasteiger partial charge in [-0.3, -0.25) is 0 Å². The molecule has 1 saturated carbocycles. The van der Waals surface area contributed by atoms with Crippen LogP contribution in [0.4, 0.5) is 11.4 Å². The Morgan fingerprint density at radius 2 is 1.81 bits per heavy atom. The summed E-state index contributed by atoms with van der Waals surface area (Å²) in [5.41, 5.74) is 6.89. The number of nitrogens with two attached hydrogens (primary N) is 2. The van der Waals surface area contributed by atoms with Crippen LogP contribution in [0.15, 0.2) is 23.1 Å². The average Bonchev–Trinajstić information content (AvgIpc) is 3.08. The molecule has 2 aliphatic rings. The predicted molar refractivity (Wildman–Crippen MR) is 84.6 cm³/mol. The summed E-state index contributed by atoms with van der Waals surface area (Å²) in [7, 11) is -3.76. The molecule has 6 heteroatoms. The lowest BCUT2D eigenvalue weighted by atomic mass is 9.95. The molecule has 5 nitrogen and oxygen atoms in total. The Hall–Kier alpha value is -1.27. The van der Waals surface area contributed by atoms with Gasteiger partial charge in [0.25, 0.3) is 0 Å². The standard InChI is InChI=1S/C15H23N3O2S/c16-12-7-8-14(15(10-12)21(17,19)20)18-9-3-6-13(18)11-4-1-2-5-11/h7-8,10-11,13H,1-6,9,16H2,(H2,17,19,20). The Morgan fingerprint density at radius 3 is 2.48 bits per heavy atom. The molecule has 0 spiro atoms. The third kappa shape index (κ3) is 2.87. The molecule has 1 aliphatic carbocycles. The maximum atomic E-state index is 11.9. The third-order valence-electron chi connectivity index (χ3n) is 4.84. The van der Waals surface area contributed by atoms with E-state index >= 15 is 0 Å². The third-order valence-corrected chi connectivity index (χ3v) is 5.78. The number of anilines is 2. The molecular formula is C15H23N3O2S. The van der Waals surface area contributed by atoms with Crippen LogP contribution in [0.1, 0.15) is 38.5 Å². The van der Waals surface area contributed by atoms with Gasteiger partial charge in [-0.15, -0.1) is 0 Å². The summed E-state index contributed by atoms with van der Waals surface area (Å²) in [5, 5.41) is 5.38. The van der Waals surface area contributed by atoms with Gasteiger partial charge < -0.3 is 10.6 Å². The molecule has 4 N–H and O–H groups in total. The molecule has 21 heavy (non-hydrogen) atoms. The number of hydrogen-bond donors (Lipinski definition) is 2. The fourth-order valence-electron chi connectivity index (χ4n) is 3.92. The Balaban J connectivity index is 1.99. The number of primary sulfonamides is 1. The van der Waals surface area contributed by atoms with Crippen molar-refractivity contribution in [2.75, 3.05) is 17.2 Å². The van der Waals surface area contributed by atoms with E-state index in [0.717, 1.165) is 25.1 Å². The van der Waals surface area contributed by atoms with Crippen LogP contribution < -0.4 is 15.8 Å². The van der Waals surface area contributed by atoms with Gasteiger partial charge in [-0.25, -0.2) is 13.6 Å². The van der Waals surface area contributed by atoms with Crippen molar-refractivity contribution in [1.29, 1.82) is 0 Å². The number of benzene rings is 1. The van der Waals surface area contributed by atoms with Crippen molar-refractivity contribution < 1.29 is 8.42 Å². The second kappa shape index (κ2) is 5.50. The van der Waals surface area contributed by atoms with Gasteiger partial charge in [0, 0.05) is 18.3 Å². The second-order valence-electron chi connectivity index (χ2n) is 6.22. The van der Waals surface area contributed by atoms with Crippen LogP contribution in [0, 0.1) is 5.92 Å². The van der Waals surface area contributed by atoms with Crippen LogP contribution >= 0.6 is 0 Å². The molecule has 1 unspecified atom stereocenters. The van der Waals surface area contributed by atoms with Gasteiger partial charge in [-0.05, 0) is 49.8 Å². The zero-order valence-electron chi connectivity index (χ0n) is 12.2. The van der Waals surface area contributed by atoms with Gasteiger partial charge in [-0.1, -0.05) is 12.8 Å². The monoisotopic (exact) mass is 309 g/mol. The minimum absolute atomic E-state index is 0.160. The summed E-state index contributed by atoms with van der Waals surface area (Å²) in [5.74, 6) is 0.679. The molecule has 116 valence electrons. The van der Waals surface area contributed by atoms with Gasteiger partial charge in [0.05, 0.1) is 5.69 Å². The van der Waals surface area contributed by atoms with Crippen molar-refractivity contribution in [1.82, 2.24) is 0 Å². The minimum atomic E-state index is -3.76. The molecule has 1 saturated heterocycles. The van der Waals surface area contributed by atoms with Crippen molar-refractivity contribution in [3.63, 3.8) is 0 Å². The molecule has 3 rings (SSSR count). The van der Waals surface area contributed by atoms with Gasteiger partial charge in [0.15, 0.2) is 0 Å². The lowest BCUT2D eigenvalue weighted by molar-refractivity contribution is 0.429. The van der Waals surface area contributed by atoms with Crippen LogP contribution in [0.3, 0.4) is 0 Å². The van der Waals surface area contributed by atoms with Crippen LogP contribution in [0.25, 0.3) is 0 Å². The highest BCUT2D eigenvalue weighted by molar-refractivity contribution is 7.89. The molecule has 1 aliphatic heterocycles. The Morgan fingerprint density at radius 1 is 1.10 bits per heavy atom. The van der Waals surface area contributed by atoms with Crippen LogP contribution in [0.5, 0.6) is 0 Å². The SMILES string of the molecule is Nc1ccc(N2CCCC2C2CCCC2)c(S(N)(=O)=O)c1. The van der Waals surface area contributed by atoms with Crippen LogP contribution in [-0.4, -0.2) is 21.0 Å². The smallest absolute Gasteiger partial charge is 0.240 e. The fraction of sp³-hybridized carbons (Fsp3) is 0.600. The van der Waals surface area contributed by atoms with E-state index in [1.807, 2.05) is 6.07 Å². The zero-order chi connectivity index (χ0) is 15.0. The van der Waals surface area contributed by atoms with Crippen molar-refractivity contribution in [2.24, 2.45) is 11.1 Å². The molecule has 1 atom stereocenters. The summed E-state index contributed by atoms with van der Waals surface area (Å²) >= 11 is 0. The van der Waals surface area contributed by atoms with E-state index in [4.69, 9.17) is 10.9 Å². The number of nitrogen functional groups attached to an aromatic ring is 1. The first-order chi connectivity index (χ1) is 9.97. The maximum Gasteiger partial charge on any atom is 0.240 e. The summed E-state index contributed by atoms with van der Waals surface area (Å²) in [6.45, 7) is 0.896. The molecule has 0 aromatic heterocycles. The molecule has 0 amide bonds. The fourth-order valence-corrected chi connectivity index (χ4v) is 4.70. The molecule has 2 fully saturated rings. The minimum Gasteiger partial charge on any atom is -0.399 e. The zero-order valence-corrected chi connectivity index (χ0v) is 13.0. The van der Waals surface area contributed by atoms with Crippen molar-refractivity contribution in [3.05, 3.63) is 18.2 Å². The summed E-state index contributed by atoms with van der Waals surface area (Å²) in [6, 6.07) is 5.49. The summed E-state index contributed by atoms with van der Waals surface area (Å²) < 4.78 is 23.8. The quantitative estimate of drug-likeness (QED) is 0.837. The van der Waals surface area contributed by atoms with E-state index in [-0.39, 0.29) is 4.90 Å². The number of sulfonamides is 1. The molecule has 0 radical (unpaired) electrons. The van der Waals surface area contributed by atoms with Crippen molar-refractivity contribution in [2.45, 2.75) is 49.5 Å². The summed E-state index contributed by atoms with van der Waals surface area (Å²) in [4.78, 5) is 2.40. The van der Waals surface area contributed by atoms with Crippen LogP contribution in [0.2, 0.25) is 0 Å². The summed E-state index contributed by atoms with van der Waals surface area (Å²) in [6.07, 6.45) is 7.33. The lowest BCUT2D eigenvalue weighted by Gasteiger charge is -2.32. The van der Waals surface area contributed by atoms with Gasteiger partial charge >= 0.3 is 0 Å². The van der Waals surface area contributed by atoms with E-state index in [0.29, 0.717) is 17.6 Å². The largest absolute Gasteiger partial charge is 0.399 e. The van der Waals surface area contributed by atoms with Gasteiger partial charge in [-0.2, -0.15) is 0 Å². The first-order valence-electron chi connectivity index (χ1n) is 7.66. The first kappa shape index (κ1) is 14.7. The first-order valence-corrected chi connectivity index (χ1v) is 9.20. The number of nitrogens with zero attached hydrogens (tertiary/aromatic N) is 1. The Bertz CT molecular complexity index is 624. The van der Waals surface area contributed by atoms with E-state index < -0.39 is 10.0 Å². The van der Waals surface area contributed by atoms with Gasteiger partial charge in [0.2, 0.25) is 10.0 Å². The molecule has 1 aromatic carbocycles. The molecule has 1 heterocycles. The second-order valence-corrected chi connectivity index (χ2v) is 7.75. The van der Waals surface area contributed by atoms with Crippen molar-refractivity contribution >= 4 is 21.4 Å². The normalized spacial score (nSPS) is 23.9. The predicted octanol–water partition coefficient (Wildman–Crippen LogP) is 2.08. The molecular weight excluding hydrogens is 286 g/mol.